The van der Waals surface area contributed by atoms with E-state index in [0.29, 0.717) is 12.8 Å². The van der Waals surface area contributed by atoms with Crippen LogP contribution in [0.1, 0.15) is 200 Å². The van der Waals surface area contributed by atoms with Gasteiger partial charge in [0.05, 0.1) is 26.4 Å². The second-order valence-corrected chi connectivity index (χ2v) is 15.8. The lowest BCUT2D eigenvalue weighted by Crippen LogP contribution is -2.28. The van der Waals surface area contributed by atoms with Crippen molar-refractivity contribution < 1.29 is 47.8 Å². The number of phosphoric acid groups is 1. The topological polar surface area (TPSA) is 149 Å². The van der Waals surface area contributed by atoms with Gasteiger partial charge in [-0.2, -0.15) is 0 Å². The van der Waals surface area contributed by atoms with Crippen molar-refractivity contribution in [2.45, 2.75) is 212 Å². The summed E-state index contributed by atoms with van der Waals surface area (Å²) in [6.07, 6.45) is 35.0. The summed E-state index contributed by atoms with van der Waals surface area (Å²) in [5.41, 5.74) is 0. The molecule has 10 nitrogen and oxygen atoms in total. The number of aliphatic hydroxyl groups excluding tert-OH is 2. The van der Waals surface area contributed by atoms with E-state index in [4.69, 9.17) is 18.5 Å². The van der Waals surface area contributed by atoms with Crippen molar-refractivity contribution in [3.63, 3.8) is 0 Å². The lowest BCUT2D eigenvalue weighted by Gasteiger charge is -2.20. The van der Waals surface area contributed by atoms with Crippen molar-refractivity contribution in [1.29, 1.82) is 0 Å². The van der Waals surface area contributed by atoms with Crippen LogP contribution >= 0.6 is 7.82 Å². The Morgan fingerprint density at radius 3 is 1.10 bits per heavy atom. The Bertz CT molecular complexity index is 884. The standard InChI is InChI=1S/C41H79O10P/c1-3-5-7-9-11-13-14-15-16-17-18-19-20-21-22-23-24-25-27-29-31-33-41(45)51-39(35-43)37-49-52(46,47)48-36-38(34-42)50-40(44)32-30-28-26-12-10-8-6-4-2/h17-18,38-39,42-43H,3-16,19-37H2,1-2H3,(H,46,47)/b18-17-. The largest absolute Gasteiger partial charge is 0.472 e. The normalized spacial score (nSPS) is 14.0. The molecule has 3 atom stereocenters. The highest BCUT2D eigenvalue weighted by Crippen LogP contribution is 2.43. The average Bonchev–Trinajstić information content (AvgIpc) is 3.13. The summed E-state index contributed by atoms with van der Waals surface area (Å²) in [5.74, 6) is -1.02. The van der Waals surface area contributed by atoms with Crippen LogP contribution in [0.25, 0.3) is 0 Å². The van der Waals surface area contributed by atoms with Crippen LogP contribution in [-0.4, -0.2) is 65.7 Å². The van der Waals surface area contributed by atoms with E-state index in [0.717, 1.165) is 38.5 Å². The highest BCUT2D eigenvalue weighted by Gasteiger charge is 2.27. The summed E-state index contributed by atoms with van der Waals surface area (Å²) < 4.78 is 32.4. The van der Waals surface area contributed by atoms with Gasteiger partial charge in [-0.1, -0.05) is 161 Å². The van der Waals surface area contributed by atoms with Crippen LogP contribution in [0, 0.1) is 0 Å². The molecule has 0 aliphatic rings. The molecule has 3 unspecified atom stereocenters. The Morgan fingerprint density at radius 2 is 0.788 bits per heavy atom. The van der Waals surface area contributed by atoms with E-state index in [1.54, 1.807) is 0 Å². The fourth-order valence-electron chi connectivity index (χ4n) is 5.93. The molecule has 0 amide bonds. The van der Waals surface area contributed by atoms with Crippen LogP contribution in [0.2, 0.25) is 0 Å². The highest BCUT2D eigenvalue weighted by atomic mass is 31.2. The van der Waals surface area contributed by atoms with Gasteiger partial charge in [0.1, 0.15) is 12.2 Å². The van der Waals surface area contributed by atoms with Gasteiger partial charge in [0.25, 0.3) is 0 Å². The van der Waals surface area contributed by atoms with Crippen molar-refractivity contribution in [2.75, 3.05) is 26.4 Å². The molecular formula is C41H79O10P. The number of unbranched alkanes of at least 4 members (excludes halogenated alkanes) is 24. The Balaban J connectivity index is 3.84. The van der Waals surface area contributed by atoms with Crippen molar-refractivity contribution in [3.8, 4) is 0 Å². The maximum atomic E-state index is 12.3. The lowest BCUT2D eigenvalue weighted by atomic mass is 10.1. The van der Waals surface area contributed by atoms with E-state index in [1.165, 1.54) is 122 Å². The van der Waals surface area contributed by atoms with E-state index in [9.17, 15) is 29.3 Å². The quantitative estimate of drug-likeness (QED) is 0.0238. The van der Waals surface area contributed by atoms with Crippen LogP contribution in [0.15, 0.2) is 12.2 Å². The number of ether oxygens (including phenoxy) is 2. The third kappa shape index (κ3) is 35.7. The molecule has 0 aliphatic heterocycles. The van der Waals surface area contributed by atoms with Crippen molar-refractivity contribution in [1.82, 2.24) is 0 Å². The number of carbonyl (C=O) groups excluding carboxylic acids is 2. The summed E-state index contributed by atoms with van der Waals surface area (Å²) in [4.78, 5) is 34.3. The van der Waals surface area contributed by atoms with Crippen molar-refractivity contribution in [2.24, 2.45) is 0 Å². The summed E-state index contributed by atoms with van der Waals surface area (Å²) in [6, 6.07) is 0. The average molecular weight is 763 g/mol. The second kappa shape index (κ2) is 38.0. The fraction of sp³-hybridized carbons (Fsp3) is 0.902. The van der Waals surface area contributed by atoms with Crippen molar-refractivity contribution >= 4 is 19.8 Å². The minimum Gasteiger partial charge on any atom is -0.457 e. The van der Waals surface area contributed by atoms with Gasteiger partial charge in [0, 0.05) is 12.8 Å². The summed E-state index contributed by atoms with van der Waals surface area (Å²) >= 11 is 0. The first-order valence-electron chi connectivity index (χ1n) is 21.1. The molecule has 0 fully saturated rings. The Labute approximate surface area is 317 Å². The van der Waals surface area contributed by atoms with Crippen LogP contribution < -0.4 is 0 Å². The monoisotopic (exact) mass is 763 g/mol. The van der Waals surface area contributed by atoms with Gasteiger partial charge in [-0.3, -0.25) is 18.6 Å². The molecule has 308 valence electrons. The van der Waals surface area contributed by atoms with Gasteiger partial charge < -0.3 is 24.6 Å². The molecule has 52 heavy (non-hydrogen) atoms. The van der Waals surface area contributed by atoms with Crippen molar-refractivity contribution in [3.05, 3.63) is 12.2 Å². The van der Waals surface area contributed by atoms with E-state index in [2.05, 4.69) is 26.0 Å². The molecule has 0 heterocycles. The molecule has 0 spiro atoms. The summed E-state index contributed by atoms with van der Waals surface area (Å²) in [5, 5.41) is 19.1. The molecule has 0 saturated heterocycles. The second-order valence-electron chi connectivity index (χ2n) is 14.3. The smallest absolute Gasteiger partial charge is 0.457 e. The number of hydrogen-bond acceptors (Lipinski definition) is 9. The molecular weight excluding hydrogens is 683 g/mol. The van der Waals surface area contributed by atoms with Crippen LogP contribution in [-0.2, 0) is 32.7 Å². The number of carbonyl (C=O) groups is 2. The zero-order valence-corrected chi connectivity index (χ0v) is 34.2. The first-order valence-corrected chi connectivity index (χ1v) is 22.6. The van der Waals surface area contributed by atoms with Gasteiger partial charge in [-0.25, -0.2) is 4.57 Å². The van der Waals surface area contributed by atoms with E-state index in [1.807, 2.05) is 0 Å². The van der Waals surface area contributed by atoms with Gasteiger partial charge in [0.2, 0.25) is 0 Å². The number of phosphoric ester groups is 1. The molecule has 0 radical (unpaired) electrons. The minimum absolute atomic E-state index is 0.193. The SMILES string of the molecule is CCCCCCCCCC/C=C\CCCCCCCCCCCC(=O)OC(CO)COP(=O)(O)OCC(CO)OC(=O)CCCCCCCCCC. The Kier molecular flexibility index (Phi) is 37.1. The molecule has 0 bridgehead atoms. The number of rotatable bonds is 40. The third-order valence-electron chi connectivity index (χ3n) is 9.23. The predicted octanol–water partition coefficient (Wildman–Crippen LogP) is 10.8. The minimum atomic E-state index is -4.62. The zero-order chi connectivity index (χ0) is 38.4. The van der Waals surface area contributed by atoms with Gasteiger partial charge in [0.15, 0.2) is 0 Å². The number of esters is 2. The number of allylic oxidation sites excluding steroid dienone is 2. The molecule has 3 N–H and O–H groups in total. The fourth-order valence-corrected chi connectivity index (χ4v) is 6.72. The molecule has 11 heteroatoms. The van der Waals surface area contributed by atoms with E-state index < -0.39 is 58.4 Å². The number of hydrogen-bond donors (Lipinski definition) is 3. The maximum Gasteiger partial charge on any atom is 0.472 e. The van der Waals surface area contributed by atoms with E-state index >= 15 is 0 Å². The Hall–Kier alpha value is -1.29. The molecule has 0 aromatic heterocycles. The van der Waals surface area contributed by atoms with Crippen LogP contribution in [0.5, 0.6) is 0 Å². The lowest BCUT2D eigenvalue weighted by molar-refractivity contribution is -0.153. The highest BCUT2D eigenvalue weighted by molar-refractivity contribution is 7.47. The maximum absolute atomic E-state index is 12.3. The Morgan fingerprint density at radius 1 is 0.500 bits per heavy atom. The first kappa shape index (κ1) is 50.7. The predicted molar refractivity (Wildman–Crippen MR) is 210 cm³/mol. The van der Waals surface area contributed by atoms with Gasteiger partial charge >= 0.3 is 19.8 Å². The zero-order valence-electron chi connectivity index (χ0n) is 33.3. The molecule has 0 aromatic rings. The first-order chi connectivity index (χ1) is 25.3. The van der Waals surface area contributed by atoms with E-state index in [-0.39, 0.29) is 12.8 Å². The molecule has 0 aliphatic carbocycles. The van der Waals surface area contributed by atoms with Gasteiger partial charge in [-0.15, -0.1) is 0 Å². The summed E-state index contributed by atoms with van der Waals surface area (Å²) in [6.45, 7) is 2.18. The molecule has 0 aromatic carbocycles. The van der Waals surface area contributed by atoms with Crippen LogP contribution in [0.4, 0.5) is 0 Å². The molecule has 0 saturated carbocycles. The number of aliphatic hydroxyl groups is 2. The third-order valence-corrected chi connectivity index (χ3v) is 10.2. The van der Waals surface area contributed by atoms with Crippen LogP contribution in [0.3, 0.4) is 0 Å². The summed E-state index contributed by atoms with van der Waals surface area (Å²) in [7, 11) is -4.62. The van der Waals surface area contributed by atoms with Gasteiger partial charge in [-0.05, 0) is 38.5 Å². The molecule has 0 rings (SSSR count).